The van der Waals surface area contributed by atoms with E-state index in [1.165, 1.54) is 11.8 Å². The Labute approximate surface area is 178 Å². The molecule has 4 rings (SSSR count). The van der Waals surface area contributed by atoms with Gasteiger partial charge in [0.05, 0.1) is 16.6 Å². The molecule has 0 aliphatic carbocycles. The highest BCUT2D eigenvalue weighted by Crippen LogP contribution is 2.36. The first-order valence-corrected chi connectivity index (χ1v) is 10.4. The minimum absolute atomic E-state index is 0.170. The van der Waals surface area contributed by atoms with Crippen LogP contribution in [0.5, 0.6) is 0 Å². The maximum Gasteiger partial charge on any atom is 0.266 e. The predicted octanol–water partition coefficient (Wildman–Crippen LogP) is 4.32. The summed E-state index contributed by atoms with van der Waals surface area (Å²) < 4.78 is 1.61. The monoisotopic (exact) mass is 415 g/mol. The standard InChI is InChI=1S/C24H21N3O2S/c1-15-9-8-10-16(2)20(15)27-23(29)18-13-6-7-14-19(18)26-24(27)30-21(22(25)28)17-11-4-3-5-12-17/h3-14,21H,1-2H3,(H2,25,28). The molecule has 0 saturated carbocycles. The van der Waals surface area contributed by atoms with E-state index in [0.29, 0.717) is 16.1 Å². The van der Waals surface area contributed by atoms with Crippen molar-refractivity contribution in [3.05, 3.63) is 99.8 Å². The second-order valence-corrected chi connectivity index (χ2v) is 8.18. The second-order valence-electron chi connectivity index (χ2n) is 7.10. The number of benzene rings is 3. The van der Waals surface area contributed by atoms with E-state index in [4.69, 9.17) is 10.7 Å². The number of amides is 1. The third-order valence-electron chi connectivity index (χ3n) is 4.99. The Kier molecular flexibility index (Phi) is 5.42. The first-order chi connectivity index (χ1) is 14.5. The zero-order valence-corrected chi connectivity index (χ0v) is 17.5. The van der Waals surface area contributed by atoms with Crippen molar-refractivity contribution in [2.75, 3.05) is 0 Å². The number of nitrogens with two attached hydrogens (primary N) is 1. The topological polar surface area (TPSA) is 78.0 Å². The normalized spacial score (nSPS) is 12.1. The molecule has 0 spiro atoms. The lowest BCUT2D eigenvalue weighted by molar-refractivity contribution is -0.117. The number of aromatic nitrogens is 2. The largest absolute Gasteiger partial charge is 0.368 e. The van der Waals surface area contributed by atoms with Crippen molar-refractivity contribution in [3.8, 4) is 5.69 Å². The van der Waals surface area contributed by atoms with Gasteiger partial charge in [0.25, 0.3) is 5.56 Å². The Hall–Kier alpha value is -3.38. The van der Waals surface area contributed by atoms with Gasteiger partial charge in [-0.1, -0.05) is 72.4 Å². The molecule has 0 aliphatic heterocycles. The van der Waals surface area contributed by atoms with E-state index in [2.05, 4.69) is 0 Å². The van der Waals surface area contributed by atoms with Gasteiger partial charge in [-0.2, -0.15) is 0 Å². The fourth-order valence-electron chi connectivity index (χ4n) is 3.57. The Balaban J connectivity index is 1.99. The van der Waals surface area contributed by atoms with Crippen molar-refractivity contribution in [3.63, 3.8) is 0 Å². The number of nitrogens with zero attached hydrogens (tertiary/aromatic N) is 2. The third kappa shape index (κ3) is 3.62. The number of hydrogen-bond donors (Lipinski definition) is 1. The summed E-state index contributed by atoms with van der Waals surface area (Å²) in [4.78, 5) is 30.6. The molecular weight excluding hydrogens is 394 g/mol. The predicted molar refractivity (Wildman–Crippen MR) is 121 cm³/mol. The average molecular weight is 416 g/mol. The van der Waals surface area contributed by atoms with E-state index in [1.54, 1.807) is 16.7 Å². The third-order valence-corrected chi connectivity index (χ3v) is 6.22. The molecule has 2 N–H and O–H groups in total. The van der Waals surface area contributed by atoms with Crippen molar-refractivity contribution < 1.29 is 4.79 Å². The summed E-state index contributed by atoms with van der Waals surface area (Å²) in [6, 6.07) is 22.4. The van der Waals surface area contributed by atoms with Crippen LogP contribution in [0.15, 0.2) is 82.7 Å². The molecule has 0 bridgehead atoms. The molecule has 0 saturated heterocycles. The van der Waals surface area contributed by atoms with Gasteiger partial charge in [-0.15, -0.1) is 0 Å². The molecule has 1 unspecified atom stereocenters. The molecule has 6 heteroatoms. The number of carbonyl (C=O) groups excluding carboxylic acids is 1. The Morgan fingerprint density at radius 3 is 2.23 bits per heavy atom. The Bertz CT molecular complexity index is 1280. The number of fused-ring (bicyclic) bond motifs is 1. The van der Waals surface area contributed by atoms with Crippen LogP contribution >= 0.6 is 11.8 Å². The fraction of sp³-hybridized carbons (Fsp3) is 0.125. The summed E-state index contributed by atoms with van der Waals surface area (Å²) in [5.74, 6) is -0.485. The zero-order chi connectivity index (χ0) is 21.3. The number of aryl methyl sites for hydroxylation is 2. The quantitative estimate of drug-likeness (QED) is 0.389. The summed E-state index contributed by atoms with van der Waals surface area (Å²) >= 11 is 1.20. The molecule has 1 amide bonds. The van der Waals surface area contributed by atoms with Gasteiger partial charge in [0.15, 0.2) is 5.16 Å². The lowest BCUT2D eigenvalue weighted by atomic mass is 10.1. The molecule has 0 radical (unpaired) electrons. The molecule has 5 nitrogen and oxygen atoms in total. The van der Waals surface area contributed by atoms with Gasteiger partial charge < -0.3 is 5.73 Å². The minimum Gasteiger partial charge on any atom is -0.368 e. The van der Waals surface area contributed by atoms with Crippen LogP contribution in [0.25, 0.3) is 16.6 Å². The molecule has 0 aliphatic rings. The fourth-order valence-corrected chi connectivity index (χ4v) is 4.62. The highest BCUT2D eigenvalue weighted by molar-refractivity contribution is 8.00. The van der Waals surface area contributed by atoms with Crippen LogP contribution in [-0.4, -0.2) is 15.5 Å². The van der Waals surface area contributed by atoms with Crippen molar-refractivity contribution in [1.82, 2.24) is 9.55 Å². The van der Waals surface area contributed by atoms with Crippen molar-refractivity contribution in [1.29, 1.82) is 0 Å². The second kappa shape index (κ2) is 8.16. The van der Waals surface area contributed by atoms with E-state index in [1.807, 2.05) is 74.5 Å². The number of primary amides is 1. The lowest BCUT2D eigenvalue weighted by Gasteiger charge is -2.20. The van der Waals surface area contributed by atoms with Crippen LogP contribution in [0.1, 0.15) is 21.9 Å². The molecular formula is C24H21N3O2S. The van der Waals surface area contributed by atoms with Crippen LogP contribution < -0.4 is 11.3 Å². The van der Waals surface area contributed by atoms with Gasteiger partial charge in [0, 0.05) is 0 Å². The van der Waals surface area contributed by atoms with Gasteiger partial charge >= 0.3 is 0 Å². The summed E-state index contributed by atoms with van der Waals surface area (Å²) in [7, 11) is 0. The first kappa shape index (κ1) is 19.9. The van der Waals surface area contributed by atoms with E-state index in [-0.39, 0.29) is 5.56 Å². The van der Waals surface area contributed by atoms with E-state index in [0.717, 1.165) is 22.4 Å². The lowest BCUT2D eigenvalue weighted by Crippen LogP contribution is -2.25. The molecule has 4 aromatic rings. The van der Waals surface area contributed by atoms with E-state index < -0.39 is 11.2 Å². The van der Waals surface area contributed by atoms with Crippen molar-refractivity contribution >= 4 is 28.6 Å². The van der Waals surface area contributed by atoms with Gasteiger partial charge in [-0.05, 0) is 42.7 Å². The Morgan fingerprint density at radius 2 is 1.57 bits per heavy atom. The van der Waals surface area contributed by atoms with Crippen molar-refractivity contribution in [2.45, 2.75) is 24.3 Å². The highest BCUT2D eigenvalue weighted by atomic mass is 32.2. The van der Waals surface area contributed by atoms with Crippen LogP contribution in [0.2, 0.25) is 0 Å². The van der Waals surface area contributed by atoms with Gasteiger partial charge in [0.1, 0.15) is 5.25 Å². The average Bonchev–Trinajstić information content (AvgIpc) is 2.74. The zero-order valence-electron chi connectivity index (χ0n) is 16.7. The van der Waals surface area contributed by atoms with Crippen LogP contribution in [0, 0.1) is 13.8 Å². The maximum atomic E-state index is 13.5. The van der Waals surface area contributed by atoms with Crippen LogP contribution in [-0.2, 0) is 4.79 Å². The van der Waals surface area contributed by atoms with Gasteiger partial charge in [0.2, 0.25) is 5.91 Å². The smallest absolute Gasteiger partial charge is 0.266 e. The molecule has 150 valence electrons. The number of carbonyl (C=O) groups is 1. The molecule has 1 heterocycles. The minimum atomic E-state index is -0.671. The maximum absolute atomic E-state index is 13.5. The molecule has 1 aromatic heterocycles. The summed E-state index contributed by atoms with van der Waals surface area (Å²) in [6.07, 6.45) is 0. The highest BCUT2D eigenvalue weighted by Gasteiger charge is 2.24. The molecule has 30 heavy (non-hydrogen) atoms. The van der Waals surface area contributed by atoms with Gasteiger partial charge in [-0.25, -0.2) is 4.98 Å². The van der Waals surface area contributed by atoms with Crippen LogP contribution in [0.4, 0.5) is 0 Å². The first-order valence-electron chi connectivity index (χ1n) is 9.56. The SMILES string of the molecule is Cc1cccc(C)c1-n1c(SC(C(N)=O)c2ccccc2)nc2ccccc2c1=O. The summed E-state index contributed by atoms with van der Waals surface area (Å²) in [5.41, 5.74) is 9.61. The number of thioether (sulfide) groups is 1. The van der Waals surface area contributed by atoms with Crippen LogP contribution in [0.3, 0.4) is 0 Å². The van der Waals surface area contributed by atoms with E-state index in [9.17, 15) is 9.59 Å². The molecule has 1 atom stereocenters. The summed E-state index contributed by atoms with van der Waals surface area (Å²) in [6.45, 7) is 3.92. The summed E-state index contributed by atoms with van der Waals surface area (Å²) in [5, 5.41) is 0.290. The van der Waals surface area contributed by atoms with Gasteiger partial charge in [-0.3, -0.25) is 14.2 Å². The Morgan fingerprint density at radius 1 is 0.933 bits per heavy atom. The molecule has 3 aromatic carbocycles. The molecule has 0 fully saturated rings. The van der Waals surface area contributed by atoms with E-state index >= 15 is 0 Å². The number of hydrogen-bond acceptors (Lipinski definition) is 4. The number of rotatable bonds is 5. The van der Waals surface area contributed by atoms with Crippen molar-refractivity contribution in [2.24, 2.45) is 5.73 Å². The number of para-hydroxylation sites is 2.